The predicted molar refractivity (Wildman–Crippen MR) is 70.8 cm³/mol. The lowest BCUT2D eigenvalue weighted by Gasteiger charge is -2.34. The van der Waals surface area contributed by atoms with E-state index in [2.05, 4.69) is 5.32 Å². The molecule has 0 spiro atoms. The second-order valence-electron chi connectivity index (χ2n) is 4.11. The van der Waals surface area contributed by atoms with Crippen molar-refractivity contribution in [3.05, 3.63) is 0 Å². The summed E-state index contributed by atoms with van der Waals surface area (Å²) in [6.07, 6.45) is 0.723. The number of hydrogen-bond donors (Lipinski definition) is 2. The number of amides is 1. The lowest BCUT2D eigenvalue weighted by molar-refractivity contribution is -0.131. The van der Waals surface area contributed by atoms with Gasteiger partial charge < -0.3 is 15.8 Å². The number of nitrogens with two attached hydrogens (primary N) is 1. The Morgan fingerprint density at radius 1 is 1.42 bits per heavy atom. The SMILES string of the molecule is NC(=S)C1(C(=O)NCCSC(F)(F)F)CCOCC1. The number of rotatable bonds is 5. The van der Waals surface area contributed by atoms with Gasteiger partial charge >= 0.3 is 5.51 Å². The average molecular weight is 316 g/mol. The van der Waals surface area contributed by atoms with Gasteiger partial charge in [-0.3, -0.25) is 4.79 Å². The largest absolute Gasteiger partial charge is 0.441 e. The summed E-state index contributed by atoms with van der Waals surface area (Å²) in [4.78, 5) is 12.1. The monoisotopic (exact) mass is 316 g/mol. The summed E-state index contributed by atoms with van der Waals surface area (Å²) in [6.45, 7) is 0.651. The molecule has 0 bridgehead atoms. The van der Waals surface area contributed by atoms with E-state index in [-0.39, 0.29) is 29.0 Å². The highest BCUT2D eigenvalue weighted by Gasteiger charge is 2.42. The molecule has 3 N–H and O–H groups in total. The van der Waals surface area contributed by atoms with Crippen LogP contribution in [0, 0.1) is 5.41 Å². The zero-order valence-corrected chi connectivity index (χ0v) is 11.7. The number of halogens is 3. The molecule has 0 radical (unpaired) electrons. The summed E-state index contributed by atoms with van der Waals surface area (Å²) in [6, 6.07) is 0. The van der Waals surface area contributed by atoms with Crippen molar-refractivity contribution in [1.29, 1.82) is 0 Å². The van der Waals surface area contributed by atoms with Crippen molar-refractivity contribution >= 4 is 34.9 Å². The van der Waals surface area contributed by atoms with Crippen LogP contribution < -0.4 is 11.1 Å². The summed E-state index contributed by atoms with van der Waals surface area (Å²) in [5, 5.41) is 2.46. The summed E-state index contributed by atoms with van der Waals surface area (Å²) in [7, 11) is 0. The van der Waals surface area contributed by atoms with Gasteiger partial charge in [-0.15, -0.1) is 0 Å². The van der Waals surface area contributed by atoms with Gasteiger partial charge in [0.1, 0.15) is 5.41 Å². The maximum absolute atomic E-state index is 12.1. The zero-order valence-electron chi connectivity index (χ0n) is 10.1. The molecule has 4 nitrogen and oxygen atoms in total. The van der Waals surface area contributed by atoms with E-state index in [1.165, 1.54) is 0 Å². The van der Waals surface area contributed by atoms with E-state index < -0.39 is 16.8 Å². The Morgan fingerprint density at radius 2 is 2.00 bits per heavy atom. The van der Waals surface area contributed by atoms with Crippen LogP contribution in [0.4, 0.5) is 13.2 Å². The average Bonchev–Trinajstić information content (AvgIpc) is 2.33. The Labute approximate surface area is 118 Å². The molecule has 1 aliphatic heterocycles. The molecule has 1 amide bonds. The predicted octanol–water partition coefficient (Wildman–Crippen LogP) is 1.44. The first kappa shape index (κ1) is 16.5. The molecule has 1 heterocycles. The Balaban J connectivity index is 2.48. The Bertz CT molecular complexity index is 344. The van der Waals surface area contributed by atoms with Crippen LogP contribution in [0.5, 0.6) is 0 Å². The maximum Gasteiger partial charge on any atom is 0.441 e. The third kappa shape index (κ3) is 4.81. The second kappa shape index (κ2) is 6.76. The minimum Gasteiger partial charge on any atom is -0.392 e. The summed E-state index contributed by atoms with van der Waals surface area (Å²) in [5.74, 6) is -0.648. The standard InChI is InChI=1S/C10H15F3N2O2S2/c11-10(12,13)19-6-3-15-8(16)9(7(14)18)1-4-17-5-2-9/h1-6H2,(H2,14,18)(H,15,16). The minimum atomic E-state index is -4.29. The fourth-order valence-electron chi connectivity index (χ4n) is 1.81. The lowest BCUT2D eigenvalue weighted by atomic mass is 9.79. The molecule has 0 aromatic rings. The van der Waals surface area contributed by atoms with Crippen LogP contribution in [0.15, 0.2) is 0 Å². The van der Waals surface area contributed by atoms with Gasteiger partial charge in [-0.25, -0.2) is 0 Å². The molecular formula is C10H15F3N2O2S2. The molecule has 1 aliphatic rings. The van der Waals surface area contributed by atoms with Gasteiger partial charge in [0.25, 0.3) is 0 Å². The highest BCUT2D eigenvalue weighted by atomic mass is 32.2. The van der Waals surface area contributed by atoms with Crippen LogP contribution in [0.1, 0.15) is 12.8 Å². The number of ether oxygens (including phenoxy) is 1. The topological polar surface area (TPSA) is 64.4 Å². The fourth-order valence-corrected chi connectivity index (χ4v) is 2.54. The molecule has 1 saturated heterocycles. The van der Waals surface area contributed by atoms with Crippen molar-refractivity contribution in [2.45, 2.75) is 18.3 Å². The van der Waals surface area contributed by atoms with Crippen molar-refractivity contribution in [2.24, 2.45) is 11.1 Å². The first-order chi connectivity index (χ1) is 8.78. The number of alkyl halides is 3. The van der Waals surface area contributed by atoms with Crippen LogP contribution in [0.3, 0.4) is 0 Å². The fraction of sp³-hybridized carbons (Fsp3) is 0.800. The van der Waals surface area contributed by atoms with Gasteiger partial charge in [-0.05, 0) is 24.6 Å². The van der Waals surface area contributed by atoms with Gasteiger partial charge in [-0.1, -0.05) is 12.2 Å². The van der Waals surface area contributed by atoms with E-state index in [0.29, 0.717) is 26.1 Å². The highest BCUT2D eigenvalue weighted by Crippen LogP contribution is 2.32. The Hall–Kier alpha value is -0.540. The van der Waals surface area contributed by atoms with Gasteiger partial charge in [0, 0.05) is 25.5 Å². The van der Waals surface area contributed by atoms with Crippen molar-refractivity contribution in [3.8, 4) is 0 Å². The molecule has 110 valence electrons. The molecule has 9 heteroatoms. The summed E-state index contributed by atoms with van der Waals surface area (Å²) >= 11 is 4.74. The zero-order chi connectivity index (χ0) is 14.5. The van der Waals surface area contributed by atoms with Crippen molar-refractivity contribution < 1.29 is 22.7 Å². The number of thioether (sulfide) groups is 1. The van der Waals surface area contributed by atoms with Crippen molar-refractivity contribution in [3.63, 3.8) is 0 Å². The maximum atomic E-state index is 12.1. The molecular weight excluding hydrogens is 301 g/mol. The van der Waals surface area contributed by atoms with E-state index in [0.717, 1.165) is 0 Å². The molecule has 1 fully saturated rings. The Morgan fingerprint density at radius 3 is 2.47 bits per heavy atom. The summed E-state index contributed by atoms with van der Waals surface area (Å²) in [5.41, 5.74) is 0.329. The van der Waals surface area contributed by atoms with Crippen molar-refractivity contribution in [1.82, 2.24) is 5.32 Å². The van der Waals surface area contributed by atoms with E-state index in [1.54, 1.807) is 0 Å². The van der Waals surface area contributed by atoms with E-state index in [4.69, 9.17) is 22.7 Å². The quantitative estimate of drug-likeness (QED) is 0.593. The number of nitrogens with one attached hydrogen (secondary N) is 1. The molecule has 0 atom stereocenters. The van der Waals surface area contributed by atoms with Gasteiger partial charge in [-0.2, -0.15) is 13.2 Å². The second-order valence-corrected chi connectivity index (χ2v) is 5.71. The van der Waals surface area contributed by atoms with Crippen LogP contribution in [0.25, 0.3) is 0 Å². The van der Waals surface area contributed by atoms with E-state index in [9.17, 15) is 18.0 Å². The normalized spacial score (nSPS) is 18.9. The molecule has 0 aromatic heterocycles. The van der Waals surface area contributed by atoms with E-state index >= 15 is 0 Å². The van der Waals surface area contributed by atoms with Gasteiger partial charge in [0.05, 0.1) is 4.99 Å². The number of carbonyl (C=O) groups is 1. The lowest BCUT2D eigenvalue weighted by Crippen LogP contribution is -2.52. The molecule has 0 saturated carbocycles. The third-order valence-corrected chi connectivity index (χ3v) is 4.03. The molecule has 0 unspecified atom stereocenters. The number of thiocarbonyl (C=S) groups is 1. The third-order valence-electron chi connectivity index (χ3n) is 2.91. The van der Waals surface area contributed by atoms with Crippen LogP contribution >= 0.6 is 24.0 Å². The van der Waals surface area contributed by atoms with Crippen LogP contribution in [-0.4, -0.2) is 41.9 Å². The number of carbonyl (C=O) groups excluding carboxylic acids is 1. The minimum absolute atomic E-state index is 0.0665. The van der Waals surface area contributed by atoms with E-state index in [1.807, 2.05) is 0 Å². The summed E-state index contributed by atoms with van der Waals surface area (Å²) < 4.78 is 40.9. The molecule has 0 aromatic carbocycles. The first-order valence-corrected chi connectivity index (χ1v) is 7.04. The molecule has 19 heavy (non-hydrogen) atoms. The molecule has 0 aliphatic carbocycles. The van der Waals surface area contributed by atoms with Crippen LogP contribution in [0.2, 0.25) is 0 Å². The first-order valence-electron chi connectivity index (χ1n) is 5.64. The smallest absolute Gasteiger partial charge is 0.392 e. The number of hydrogen-bond acceptors (Lipinski definition) is 4. The highest BCUT2D eigenvalue weighted by molar-refractivity contribution is 8.00. The van der Waals surface area contributed by atoms with Gasteiger partial charge in [0.2, 0.25) is 5.91 Å². The van der Waals surface area contributed by atoms with Gasteiger partial charge in [0.15, 0.2) is 0 Å². The van der Waals surface area contributed by atoms with Crippen molar-refractivity contribution in [2.75, 3.05) is 25.5 Å². The van der Waals surface area contributed by atoms with Crippen LogP contribution in [-0.2, 0) is 9.53 Å². The molecule has 1 rings (SSSR count). The Kier molecular flexibility index (Phi) is 5.87.